The van der Waals surface area contributed by atoms with Crippen LogP contribution in [0.5, 0.6) is 11.5 Å². The Balaban J connectivity index is 1.27. The molecule has 4 fully saturated rings. The zero-order chi connectivity index (χ0) is 24.9. The number of rotatable bonds is 8. The molecule has 1 amide bonds. The van der Waals surface area contributed by atoms with Crippen molar-refractivity contribution in [2.24, 2.45) is 17.3 Å². The fourth-order valence-electron chi connectivity index (χ4n) is 8.18. The van der Waals surface area contributed by atoms with Gasteiger partial charge in [0, 0.05) is 41.5 Å². The molecule has 1 heterocycles. The summed E-state index contributed by atoms with van der Waals surface area (Å²) in [5, 5.41) is 15.5. The molecule has 4 saturated carbocycles. The number of fused-ring (bicyclic) bond motifs is 1. The first-order chi connectivity index (χ1) is 17.4. The molecule has 0 radical (unpaired) electrons. The molecule has 36 heavy (non-hydrogen) atoms. The number of benzene rings is 2. The highest BCUT2D eigenvalue weighted by atomic mass is 16.5. The second-order valence-electron chi connectivity index (χ2n) is 11.6. The summed E-state index contributed by atoms with van der Waals surface area (Å²) < 4.78 is 11.4. The number of aromatic amines is 1. The van der Waals surface area contributed by atoms with Gasteiger partial charge in [0.2, 0.25) is 5.91 Å². The van der Waals surface area contributed by atoms with Crippen molar-refractivity contribution in [3.8, 4) is 11.5 Å². The van der Waals surface area contributed by atoms with Crippen LogP contribution in [0.15, 0.2) is 48.7 Å². The predicted molar refractivity (Wildman–Crippen MR) is 139 cm³/mol. The van der Waals surface area contributed by atoms with Gasteiger partial charge in [-0.05, 0) is 73.5 Å². The van der Waals surface area contributed by atoms with Gasteiger partial charge in [-0.3, -0.25) is 4.79 Å². The third kappa shape index (κ3) is 4.05. The Morgan fingerprint density at radius 2 is 1.83 bits per heavy atom. The molecule has 0 aliphatic heterocycles. The van der Waals surface area contributed by atoms with Crippen molar-refractivity contribution in [1.82, 2.24) is 10.3 Å². The molecule has 4 bridgehead atoms. The number of aliphatic hydroxyl groups is 1. The molecule has 6 heteroatoms. The SMILES string of the molecule is COc1cccc(C(CNC(=O)CC23CC4CC(CC(O)(C4)C2)C3)c2c[nH]c3ccccc23)c1OC. The van der Waals surface area contributed by atoms with E-state index in [4.69, 9.17) is 9.47 Å². The summed E-state index contributed by atoms with van der Waals surface area (Å²) >= 11 is 0. The number of nitrogens with one attached hydrogen (secondary N) is 2. The number of hydrogen-bond donors (Lipinski definition) is 3. The number of ether oxygens (including phenoxy) is 2. The quantitative estimate of drug-likeness (QED) is 0.409. The van der Waals surface area contributed by atoms with Crippen molar-refractivity contribution in [3.63, 3.8) is 0 Å². The molecule has 0 saturated heterocycles. The average Bonchev–Trinajstić information content (AvgIpc) is 3.26. The minimum Gasteiger partial charge on any atom is -0.493 e. The van der Waals surface area contributed by atoms with Gasteiger partial charge in [-0.1, -0.05) is 30.3 Å². The number of para-hydroxylation sites is 2. The van der Waals surface area contributed by atoms with Crippen LogP contribution in [0.2, 0.25) is 0 Å². The summed E-state index contributed by atoms with van der Waals surface area (Å²) in [4.78, 5) is 16.8. The minimum absolute atomic E-state index is 0.0488. The van der Waals surface area contributed by atoms with Gasteiger partial charge >= 0.3 is 0 Å². The van der Waals surface area contributed by atoms with Crippen molar-refractivity contribution >= 4 is 16.8 Å². The Labute approximate surface area is 212 Å². The molecule has 3 atom stereocenters. The first kappa shape index (κ1) is 23.4. The summed E-state index contributed by atoms with van der Waals surface area (Å²) in [6.07, 6.45) is 8.53. The summed E-state index contributed by atoms with van der Waals surface area (Å²) in [6, 6.07) is 14.1. The molecule has 4 aliphatic rings. The number of amides is 1. The van der Waals surface area contributed by atoms with E-state index in [2.05, 4.69) is 28.5 Å². The highest BCUT2D eigenvalue weighted by Gasteiger charge is 2.57. The van der Waals surface area contributed by atoms with E-state index in [0.717, 1.165) is 54.1 Å². The van der Waals surface area contributed by atoms with Crippen molar-refractivity contribution in [2.45, 2.75) is 56.5 Å². The number of H-pyrrole nitrogens is 1. The molecule has 4 aliphatic carbocycles. The number of aromatic nitrogens is 1. The summed E-state index contributed by atoms with van der Waals surface area (Å²) in [5.41, 5.74) is 2.55. The second kappa shape index (κ2) is 8.84. The minimum atomic E-state index is -0.551. The maximum Gasteiger partial charge on any atom is 0.220 e. The van der Waals surface area contributed by atoms with E-state index in [1.807, 2.05) is 30.5 Å². The lowest BCUT2D eigenvalue weighted by Gasteiger charge is -2.60. The monoisotopic (exact) mass is 488 g/mol. The Kier molecular flexibility index (Phi) is 5.75. The van der Waals surface area contributed by atoms with E-state index in [-0.39, 0.29) is 17.2 Å². The van der Waals surface area contributed by atoms with Gasteiger partial charge in [0.25, 0.3) is 0 Å². The van der Waals surface area contributed by atoms with E-state index in [0.29, 0.717) is 36.3 Å². The van der Waals surface area contributed by atoms with Gasteiger partial charge in [0.15, 0.2) is 11.5 Å². The average molecular weight is 489 g/mol. The molecule has 7 rings (SSSR count). The van der Waals surface area contributed by atoms with Gasteiger partial charge in [-0.2, -0.15) is 0 Å². The third-order valence-electron chi connectivity index (χ3n) is 9.00. The number of carbonyl (C=O) groups is 1. The Bertz CT molecular complexity index is 1270. The Morgan fingerprint density at radius 3 is 2.56 bits per heavy atom. The molecule has 6 nitrogen and oxygen atoms in total. The third-order valence-corrected chi connectivity index (χ3v) is 9.00. The van der Waals surface area contributed by atoms with Gasteiger partial charge in [0.1, 0.15) is 0 Å². The van der Waals surface area contributed by atoms with Crippen LogP contribution in [0.25, 0.3) is 10.9 Å². The molecule has 3 unspecified atom stereocenters. The van der Waals surface area contributed by atoms with Crippen LogP contribution in [-0.4, -0.2) is 42.4 Å². The predicted octanol–water partition coefficient (Wildman–Crippen LogP) is 5.15. The molecular formula is C30H36N2O4. The van der Waals surface area contributed by atoms with Crippen LogP contribution in [-0.2, 0) is 4.79 Å². The molecule has 1 aromatic heterocycles. The fraction of sp³-hybridized carbons (Fsp3) is 0.500. The molecule has 3 N–H and O–H groups in total. The zero-order valence-electron chi connectivity index (χ0n) is 21.2. The molecule has 0 spiro atoms. The van der Waals surface area contributed by atoms with Crippen LogP contribution in [0, 0.1) is 17.3 Å². The van der Waals surface area contributed by atoms with Gasteiger partial charge < -0.3 is 24.9 Å². The lowest BCUT2D eigenvalue weighted by atomic mass is 9.47. The van der Waals surface area contributed by atoms with Gasteiger partial charge in [-0.15, -0.1) is 0 Å². The Hall–Kier alpha value is -2.99. The lowest BCUT2D eigenvalue weighted by molar-refractivity contribution is -0.169. The summed E-state index contributed by atoms with van der Waals surface area (Å²) in [6.45, 7) is 0.456. The van der Waals surface area contributed by atoms with Crippen molar-refractivity contribution in [2.75, 3.05) is 20.8 Å². The first-order valence-corrected chi connectivity index (χ1v) is 13.2. The molecular weight excluding hydrogens is 452 g/mol. The van der Waals surface area contributed by atoms with Crippen LogP contribution in [0.4, 0.5) is 0 Å². The maximum atomic E-state index is 13.4. The fourth-order valence-corrected chi connectivity index (χ4v) is 8.18. The van der Waals surface area contributed by atoms with Gasteiger partial charge in [-0.25, -0.2) is 0 Å². The Morgan fingerprint density at radius 1 is 1.06 bits per heavy atom. The first-order valence-electron chi connectivity index (χ1n) is 13.2. The van der Waals surface area contributed by atoms with Gasteiger partial charge in [0.05, 0.1) is 19.8 Å². The molecule has 2 aromatic carbocycles. The van der Waals surface area contributed by atoms with E-state index < -0.39 is 5.60 Å². The number of carbonyl (C=O) groups excluding carboxylic acids is 1. The van der Waals surface area contributed by atoms with E-state index in [9.17, 15) is 9.90 Å². The highest BCUT2D eigenvalue weighted by Crippen LogP contribution is 2.62. The van der Waals surface area contributed by atoms with E-state index in [1.54, 1.807) is 14.2 Å². The normalized spacial score (nSPS) is 29.3. The zero-order valence-corrected chi connectivity index (χ0v) is 21.2. The number of hydrogen-bond acceptors (Lipinski definition) is 4. The second-order valence-corrected chi connectivity index (χ2v) is 11.6. The highest BCUT2D eigenvalue weighted by molar-refractivity contribution is 5.84. The van der Waals surface area contributed by atoms with Crippen LogP contribution in [0.1, 0.15) is 62.0 Å². The molecule has 3 aromatic rings. The smallest absolute Gasteiger partial charge is 0.220 e. The molecule has 190 valence electrons. The topological polar surface area (TPSA) is 83.6 Å². The van der Waals surface area contributed by atoms with Crippen molar-refractivity contribution in [1.29, 1.82) is 0 Å². The van der Waals surface area contributed by atoms with Crippen molar-refractivity contribution in [3.05, 3.63) is 59.8 Å². The maximum absolute atomic E-state index is 13.4. The lowest BCUT2D eigenvalue weighted by Crippen LogP contribution is -2.56. The van der Waals surface area contributed by atoms with Crippen molar-refractivity contribution < 1.29 is 19.4 Å². The van der Waals surface area contributed by atoms with Crippen LogP contribution >= 0.6 is 0 Å². The van der Waals surface area contributed by atoms with Crippen LogP contribution in [0.3, 0.4) is 0 Å². The summed E-state index contributed by atoms with van der Waals surface area (Å²) in [5.74, 6) is 2.47. The largest absolute Gasteiger partial charge is 0.493 e. The van der Waals surface area contributed by atoms with E-state index >= 15 is 0 Å². The van der Waals surface area contributed by atoms with E-state index in [1.165, 1.54) is 6.42 Å². The van der Waals surface area contributed by atoms with Crippen LogP contribution < -0.4 is 14.8 Å². The summed E-state index contributed by atoms with van der Waals surface area (Å²) in [7, 11) is 3.30. The number of methoxy groups -OCH3 is 2. The standard InChI is InChI=1S/C30H36N2O4/c1-35-26-9-5-7-22(28(26)36-2)24(23-16-31-25-8-4-3-6-21(23)25)17-32-27(33)15-29-11-19-10-20(12-29)14-30(34,13-19)18-29/h3-9,16,19-20,24,31,34H,10-15,17-18H2,1-2H3,(H,32,33).